The smallest absolute Gasteiger partial charge is 0.321 e. The SMILES string of the molecule is O=C(O)C(Cc1ccccc1)NCCOc1ccccc1-c1c2nc(c(-c3ccccc3)c3ccc([nH]3)c(-c3ccccc3)c3ccc([nH]3)c(-c3ccccc3)c3nc1C=C3)C=C2. The number of ether oxygens (including phenoxy) is 1. The minimum Gasteiger partial charge on any atom is -0.492 e. The number of aliphatic carboxylic acids is 1. The summed E-state index contributed by atoms with van der Waals surface area (Å²) < 4.78 is 6.52. The fraction of sp³-hybridized carbons (Fsp3) is 0.0727. The zero-order chi connectivity index (χ0) is 42.5. The summed E-state index contributed by atoms with van der Waals surface area (Å²) in [5.41, 5.74) is 15.6. The number of aromatic amines is 2. The Morgan fingerprint density at radius 3 is 1.41 bits per heavy atom. The van der Waals surface area contributed by atoms with E-state index in [0.717, 1.165) is 94.9 Å². The number of nitrogens with zero attached hydrogens (tertiary/aromatic N) is 2. The molecule has 0 saturated heterocycles. The van der Waals surface area contributed by atoms with Crippen molar-refractivity contribution in [3.8, 4) is 50.3 Å². The van der Waals surface area contributed by atoms with Crippen molar-refractivity contribution in [1.82, 2.24) is 25.3 Å². The van der Waals surface area contributed by atoms with E-state index in [0.29, 0.717) is 18.7 Å². The van der Waals surface area contributed by atoms with Crippen LogP contribution >= 0.6 is 0 Å². The van der Waals surface area contributed by atoms with Crippen molar-refractivity contribution < 1.29 is 14.6 Å². The van der Waals surface area contributed by atoms with E-state index < -0.39 is 12.0 Å². The van der Waals surface area contributed by atoms with Crippen LogP contribution in [0.15, 0.2) is 170 Å². The molecule has 8 nitrogen and oxygen atoms in total. The average molecular weight is 822 g/mol. The monoisotopic (exact) mass is 821 g/mol. The standard InChI is InChI=1S/C55H43N5O3/c61-55(62)49(35-36-15-5-1-6-16-36)56-33-34-63-50-24-14-13-23-40(50)54-47-31-29-45(59-47)52(38-19-9-3-10-20-38)43-27-25-41(57-43)51(37-17-7-2-8-18-37)42-26-28-44(58-42)53(39-21-11-4-12-22-39)46-30-32-48(54)60-46/h1-32,49,56-58H,33-35H2,(H,61,62). The third kappa shape index (κ3) is 8.11. The van der Waals surface area contributed by atoms with E-state index in [4.69, 9.17) is 14.7 Å². The normalized spacial score (nSPS) is 12.3. The van der Waals surface area contributed by atoms with Gasteiger partial charge in [-0.1, -0.05) is 140 Å². The summed E-state index contributed by atoms with van der Waals surface area (Å²) in [6.45, 7) is 0.571. The van der Waals surface area contributed by atoms with Gasteiger partial charge >= 0.3 is 5.97 Å². The first-order valence-electron chi connectivity index (χ1n) is 21.1. The lowest BCUT2D eigenvalue weighted by molar-refractivity contribution is -0.139. The number of aromatic nitrogens is 4. The van der Waals surface area contributed by atoms with Gasteiger partial charge in [-0.15, -0.1) is 0 Å². The number of para-hydroxylation sites is 1. The van der Waals surface area contributed by atoms with Gasteiger partial charge in [-0.05, 0) is 83.3 Å². The van der Waals surface area contributed by atoms with Crippen molar-refractivity contribution >= 4 is 52.3 Å². The molecule has 306 valence electrons. The molecule has 5 heterocycles. The van der Waals surface area contributed by atoms with Crippen LogP contribution in [0.2, 0.25) is 0 Å². The van der Waals surface area contributed by atoms with Crippen molar-refractivity contribution in [2.45, 2.75) is 12.5 Å². The summed E-state index contributed by atoms with van der Waals surface area (Å²) in [6, 6.07) is 56.5. The van der Waals surface area contributed by atoms with E-state index in [1.54, 1.807) is 0 Å². The molecule has 0 radical (unpaired) electrons. The summed E-state index contributed by atoms with van der Waals surface area (Å²) in [6.07, 6.45) is 8.64. The van der Waals surface area contributed by atoms with Crippen LogP contribution in [0.3, 0.4) is 0 Å². The van der Waals surface area contributed by atoms with E-state index >= 15 is 0 Å². The van der Waals surface area contributed by atoms with Crippen molar-refractivity contribution in [3.05, 3.63) is 198 Å². The largest absolute Gasteiger partial charge is 0.492 e. The molecule has 0 fully saturated rings. The van der Waals surface area contributed by atoms with Gasteiger partial charge in [0.05, 0.1) is 22.8 Å². The van der Waals surface area contributed by atoms with Crippen LogP contribution < -0.4 is 10.1 Å². The molecule has 5 aromatic carbocycles. The second kappa shape index (κ2) is 17.5. The summed E-state index contributed by atoms with van der Waals surface area (Å²) in [7, 11) is 0. The molecule has 10 rings (SSSR count). The second-order valence-corrected chi connectivity index (χ2v) is 15.5. The number of hydrogen-bond acceptors (Lipinski definition) is 5. The molecule has 8 aromatic rings. The maximum atomic E-state index is 12.2. The number of H-pyrrole nitrogens is 2. The molecule has 2 aliphatic rings. The van der Waals surface area contributed by atoms with Crippen molar-refractivity contribution in [1.29, 1.82) is 0 Å². The zero-order valence-corrected chi connectivity index (χ0v) is 34.3. The molecule has 1 unspecified atom stereocenters. The highest BCUT2D eigenvalue weighted by atomic mass is 16.5. The van der Waals surface area contributed by atoms with Crippen LogP contribution in [0.1, 0.15) is 28.3 Å². The lowest BCUT2D eigenvalue weighted by atomic mass is 10.0. The van der Waals surface area contributed by atoms with Gasteiger partial charge in [0.25, 0.3) is 0 Å². The van der Waals surface area contributed by atoms with Gasteiger partial charge in [0, 0.05) is 56.4 Å². The molecule has 4 N–H and O–H groups in total. The third-order valence-corrected chi connectivity index (χ3v) is 11.4. The Hall–Kier alpha value is -8.07. The van der Waals surface area contributed by atoms with Crippen LogP contribution in [0.5, 0.6) is 5.75 Å². The fourth-order valence-electron chi connectivity index (χ4n) is 8.51. The number of carboxylic acids is 1. The molecular formula is C55H43N5O3. The van der Waals surface area contributed by atoms with E-state index in [-0.39, 0.29) is 6.61 Å². The zero-order valence-electron chi connectivity index (χ0n) is 34.3. The van der Waals surface area contributed by atoms with E-state index in [1.165, 1.54) is 0 Å². The number of rotatable bonds is 12. The van der Waals surface area contributed by atoms with E-state index in [9.17, 15) is 9.90 Å². The minimum absolute atomic E-state index is 0.242. The number of benzene rings is 5. The molecule has 63 heavy (non-hydrogen) atoms. The first kappa shape index (κ1) is 39.1. The molecule has 0 amide bonds. The Labute approximate surface area is 365 Å². The van der Waals surface area contributed by atoms with E-state index in [1.807, 2.05) is 97.1 Å². The predicted molar refractivity (Wildman–Crippen MR) is 256 cm³/mol. The van der Waals surface area contributed by atoms with Crippen LogP contribution in [0, 0.1) is 0 Å². The Morgan fingerprint density at radius 2 is 0.921 bits per heavy atom. The third-order valence-electron chi connectivity index (χ3n) is 11.4. The Bertz CT molecular complexity index is 3040. The van der Waals surface area contributed by atoms with Gasteiger partial charge in [0.1, 0.15) is 18.4 Å². The molecular weight excluding hydrogens is 779 g/mol. The van der Waals surface area contributed by atoms with Crippen LogP contribution in [0.4, 0.5) is 0 Å². The molecule has 2 aliphatic heterocycles. The first-order valence-corrected chi connectivity index (χ1v) is 21.1. The van der Waals surface area contributed by atoms with Crippen molar-refractivity contribution in [2.24, 2.45) is 0 Å². The molecule has 8 heteroatoms. The van der Waals surface area contributed by atoms with Gasteiger partial charge in [0.15, 0.2) is 0 Å². The van der Waals surface area contributed by atoms with Crippen LogP contribution in [0.25, 0.3) is 90.9 Å². The van der Waals surface area contributed by atoms with Gasteiger partial charge in [-0.2, -0.15) is 0 Å². The Balaban J connectivity index is 1.18. The quantitative estimate of drug-likeness (QED) is 0.0912. The van der Waals surface area contributed by atoms with Gasteiger partial charge < -0.3 is 25.1 Å². The van der Waals surface area contributed by atoms with Gasteiger partial charge in [-0.3, -0.25) is 4.79 Å². The summed E-state index contributed by atoms with van der Waals surface area (Å²) in [5.74, 6) is -0.268. The molecule has 0 spiro atoms. The Morgan fingerprint density at radius 1 is 0.508 bits per heavy atom. The second-order valence-electron chi connectivity index (χ2n) is 15.5. The summed E-state index contributed by atoms with van der Waals surface area (Å²) in [5, 5.41) is 13.2. The number of nitrogens with one attached hydrogen (secondary N) is 3. The highest BCUT2D eigenvalue weighted by molar-refractivity contribution is 6.00. The lowest BCUT2D eigenvalue weighted by Crippen LogP contribution is -2.40. The lowest BCUT2D eigenvalue weighted by Gasteiger charge is -2.16. The summed E-state index contributed by atoms with van der Waals surface area (Å²) >= 11 is 0. The molecule has 0 aliphatic carbocycles. The predicted octanol–water partition coefficient (Wildman–Crippen LogP) is 12.0. The maximum Gasteiger partial charge on any atom is 0.321 e. The first-order chi connectivity index (χ1) is 31.1. The topological polar surface area (TPSA) is 116 Å². The maximum absolute atomic E-state index is 12.2. The van der Waals surface area contributed by atoms with Crippen molar-refractivity contribution in [3.63, 3.8) is 0 Å². The average Bonchev–Trinajstić information content (AvgIpc) is 4.18. The summed E-state index contributed by atoms with van der Waals surface area (Å²) in [4.78, 5) is 30.7. The molecule has 3 aromatic heterocycles. The molecule has 1 atom stereocenters. The number of hydrogen-bond donors (Lipinski definition) is 4. The van der Waals surface area contributed by atoms with E-state index in [2.05, 4.69) is 112 Å². The highest BCUT2D eigenvalue weighted by Gasteiger charge is 2.22. The molecule has 0 saturated carbocycles. The molecule has 8 bridgehead atoms. The number of fused-ring (bicyclic) bond motifs is 8. The highest BCUT2D eigenvalue weighted by Crippen LogP contribution is 2.40. The number of carbonyl (C=O) groups is 1. The minimum atomic E-state index is -0.906. The van der Waals surface area contributed by atoms with Gasteiger partial charge in [-0.25, -0.2) is 9.97 Å². The Kier molecular flexibility index (Phi) is 10.9. The van der Waals surface area contributed by atoms with Gasteiger partial charge in [0.2, 0.25) is 0 Å². The fourth-order valence-corrected chi connectivity index (χ4v) is 8.51. The van der Waals surface area contributed by atoms with Crippen LogP contribution in [-0.2, 0) is 11.2 Å². The number of carboxylic acid groups (broad SMARTS) is 1. The van der Waals surface area contributed by atoms with Crippen molar-refractivity contribution in [2.75, 3.05) is 13.2 Å². The van der Waals surface area contributed by atoms with Crippen LogP contribution in [-0.4, -0.2) is 50.2 Å².